The lowest BCUT2D eigenvalue weighted by atomic mass is 9.85. The molecule has 4 nitrogen and oxygen atoms in total. The fraction of sp³-hybridized carbons (Fsp3) is 0.200. The summed E-state index contributed by atoms with van der Waals surface area (Å²) in [5.74, 6) is 0.923. The molecular weight excluding hydrogens is 427 g/mol. The van der Waals surface area contributed by atoms with Crippen molar-refractivity contribution in [3.63, 3.8) is 0 Å². The second kappa shape index (κ2) is 8.83. The van der Waals surface area contributed by atoms with Crippen LogP contribution in [0.2, 0.25) is 10.0 Å². The van der Waals surface area contributed by atoms with Gasteiger partial charge in [0.15, 0.2) is 0 Å². The molecule has 0 amide bonds. The number of benzene rings is 3. The molecule has 1 aliphatic heterocycles. The standard InChI is InChI=1S/C25H22Cl2N4/c26-19-6-1-16(2-7-19)24(17-3-8-20(27)9-4-17)18-5-10-23-22(13-18)25(30-15-29-23)31-21-11-12-28-14-21/h1-10,13,15,21,24,28H,11-12,14H2,(H,29,30,31). The van der Waals surface area contributed by atoms with Gasteiger partial charge >= 0.3 is 0 Å². The van der Waals surface area contributed by atoms with Crippen molar-refractivity contribution in [2.45, 2.75) is 18.4 Å². The van der Waals surface area contributed by atoms with E-state index in [0.717, 1.165) is 57.4 Å². The van der Waals surface area contributed by atoms with Gasteiger partial charge in [-0.05, 0) is 66.1 Å². The average Bonchev–Trinajstić information content (AvgIpc) is 3.30. The van der Waals surface area contributed by atoms with Gasteiger partial charge < -0.3 is 10.6 Å². The zero-order valence-corrected chi connectivity index (χ0v) is 18.4. The minimum atomic E-state index is 0.0418. The van der Waals surface area contributed by atoms with Crippen LogP contribution in [0.1, 0.15) is 29.0 Å². The highest BCUT2D eigenvalue weighted by molar-refractivity contribution is 6.30. The minimum Gasteiger partial charge on any atom is -0.365 e. The van der Waals surface area contributed by atoms with E-state index in [9.17, 15) is 0 Å². The van der Waals surface area contributed by atoms with E-state index in [1.807, 2.05) is 24.3 Å². The lowest BCUT2D eigenvalue weighted by molar-refractivity contribution is 0.789. The van der Waals surface area contributed by atoms with Crippen LogP contribution in [0.25, 0.3) is 10.9 Å². The molecule has 0 aliphatic carbocycles. The Morgan fingerprint density at radius 2 is 1.48 bits per heavy atom. The third-order valence-electron chi connectivity index (χ3n) is 5.80. The Hall–Kier alpha value is -2.66. The zero-order valence-electron chi connectivity index (χ0n) is 16.9. The molecule has 3 aromatic carbocycles. The van der Waals surface area contributed by atoms with Crippen molar-refractivity contribution in [3.8, 4) is 0 Å². The van der Waals surface area contributed by atoms with E-state index < -0.39 is 0 Å². The topological polar surface area (TPSA) is 49.8 Å². The number of rotatable bonds is 5. The van der Waals surface area contributed by atoms with Crippen LogP contribution < -0.4 is 10.6 Å². The normalized spacial score (nSPS) is 16.2. The Bertz CT molecular complexity index is 1140. The number of nitrogens with one attached hydrogen (secondary N) is 2. The SMILES string of the molecule is Clc1ccc(C(c2ccc(Cl)cc2)c2ccc3ncnc(NC4CCNC4)c3c2)cc1. The van der Waals surface area contributed by atoms with Gasteiger partial charge in [0.05, 0.1) is 5.52 Å². The van der Waals surface area contributed by atoms with Gasteiger partial charge in [0.25, 0.3) is 0 Å². The van der Waals surface area contributed by atoms with Gasteiger partial charge in [-0.2, -0.15) is 0 Å². The molecule has 1 atom stereocenters. The van der Waals surface area contributed by atoms with Crippen LogP contribution in [0.4, 0.5) is 5.82 Å². The molecule has 1 aliphatic rings. The fourth-order valence-electron chi connectivity index (χ4n) is 4.23. The maximum atomic E-state index is 6.16. The maximum Gasteiger partial charge on any atom is 0.137 e. The first-order valence-corrected chi connectivity index (χ1v) is 11.2. The minimum absolute atomic E-state index is 0.0418. The first kappa shape index (κ1) is 20.3. The van der Waals surface area contributed by atoms with E-state index in [4.69, 9.17) is 23.2 Å². The lowest BCUT2D eigenvalue weighted by Gasteiger charge is -2.20. The van der Waals surface area contributed by atoms with Crippen molar-refractivity contribution in [3.05, 3.63) is 99.8 Å². The highest BCUT2D eigenvalue weighted by Gasteiger charge is 2.20. The van der Waals surface area contributed by atoms with E-state index in [1.54, 1.807) is 6.33 Å². The Morgan fingerprint density at radius 3 is 2.10 bits per heavy atom. The Labute approximate surface area is 191 Å². The van der Waals surface area contributed by atoms with Crippen LogP contribution in [-0.4, -0.2) is 29.1 Å². The van der Waals surface area contributed by atoms with Gasteiger partial charge in [0.1, 0.15) is 12.1 Å². The van der Waals surface area contributed by atoms with Crippen molar-refractivity contribution in [1.29, 1.82) is 0 Å². The van der Waals surface area contributed by atoms with Crippen molar-refractivity contribution in [2.24, 2.45) is 0 Å². The largest absolute Gasteiger partial charge is 0.365 e. The third-order valence-corrected chi connectivity index (χ3v) is 6.30. The highest BCUT2D eigenvalue weighted by Crippen LogP contribution is 2.35. The van der Waals surface area contributed by atoms with E-state index in [2.05, 4.69) is 63.1 Å². The summed E-state index contributed by atoms with van der Waals surface area (Å²) in [5, 5.41) is 9.47. The molecule has 6 heteroatoms. The predicted octanol–water partition coefficient (Wildman–Crippen LogP) is 5.89. The Kier molecular flexibility index (Phi) is 5.77. The van der Waals surface area contributed by atoms with Crippen LogP contribution >= 0.6 is 23.2 Å². The molecule has 2 heterocycles. The molecule has 0 radical (unpaired) electrons. The molecular formula is C25H22Cl2N4. The summed E-state index contributed by atoms with van der Waals surface area (Å²) in [6.07, 6.45) is 2.71. The Balaban J connectivity index is 1.62. The molecule has 4 aromatic rings. The first-order chi connectivity index (χ1) is 15.2. The first-order valence-electron chi connectivity index (χ1n) is 10.4. The number of nitrogens with zero attached hydrogens (tertiary/aromatic N) is 2. The molecule has 1 aromatic heterocycles. The van der Waals surface area contributed by atoms with Gasteiger partial charge in [-0.15, -0.1) is 0 Å². The van der Waals surface area contributed by atoms with Crippen molar-refractivity contribution in [1.82, 2.24) is 15.3 Å². The zero-order chi connectivity index (χ0) is 21.2. The van der Waals surface area contributed by atoms with Crippen molar-refractivity contribution in [2.75, 3.05) is 18.4 Å². The molecule has 0 bridgehead atoms. The fourth-order valence-corrected chi connectivity index (χ4v) is 4.48. The molecule has 1 fully saturated rings. The van der Waals surface area contributed by atoms with E-state index in [0.29, 0.717) is 6.04 Å². The average molecular weight is 449 g/mol. The number of hydrogen-bond acceptors (Lipinski definition) is 4. The lowest BCUT2D eigenvalue weighted by Crippen LogP contribution is -2.22. The van der Waals surface area contributed by atoms with Crippen LogP contribution in [-0.2, 0) is 0 Å². The van der Waals surface area contributed by atoms with E-state index >= 15 is 0 Å². The second-order valence-electron chi connectivity index (χ2n) is 7.87. The van der Waals surface area contributed by atoms with Crippen molar-refractivity contribution < 1.29 is 0 Å². The van der Waals surface area contributed by atoms with Gasteiger partial charge in [0, 0.05) is 33.9 Å². The van der Waals surface area contributed by atoms with E-state index in [1.165, 1.54) is 5.56 Å². The molecule has 31 heavy (non-hydrogen) atoms. The van der Waals surface area contributed by atoms with Crippen LogP contribution in [0.3, 0.4) is 0 Å². The second-order valence-corrected chi connectivity index (χ2v) is 8.74. The molecule has 0 saturated carbocycles. The van der Waals surface area contributed by atoms with Crippen LogP contribution in [0, 0.1) is 0 Å². The van der Waals surface area contributed by atoms with Crippen LogP contribution in [0.5, 0.6) is 0 Å². The van der Waals surface area contributed by atoms with Crippen molar-refractivity contribution >= 4 is 39.9 Å². The van der Waals surface area contributed by atoms with Gasteiger partial charge in [-0.1, -0.05) is 53.5 Å². The summed E-state index contributed by atoms with van der Waals surface area (Å²) >= 11 is 12.3. The highest BCUT2D eigenvalue weighted by atomic mass is 35.5. The number of anilines is 1. The molecule has 156 valence electrons. The smallest absolute Gasteiger partial charge is 0.137 e. The number of fused-ring (bicyclic) bond motifs is 1. The summed E-state index contributed by atoms with van der Waals surface area (Å²) < 4.78 is 0. The maximum absolute atomic E-state index is 6.16. The monoisotopic (exact) mass is 448 g/mol. The van der Waals surface area contributed by atoms with Gasteiger partial charge in [0.2, 0.25) is 0 Å². The predicted molar refractivity (Wildman–Crippen MR) is 128 cm³/mol. The summed E-state index contributed by atoms with van der Waals surface area (Å²) in [6, 6.07) is 22.9. The van der Waals surface area contributed by atoms with E-state index in [-0.39, 0.29) is 5.92 Å². The summed E-state index contributed by atoms with van der Waals surface area (Å²) in [4.78, 5) is 9.04. The van der Waals surface area contributed by atoms with Gasteiger partial charge in [-0.3, -0.25) is 0 Å². The van der Waals surface area contributed by atoms with Crippen LogP contribution in [0.15, 0.2) is 73.1 Å². The molecule has 1 saturated heterocycles. The summed E-state index contributed by atoms with van der Waals surface area (Å²) in [7, 11) is 0. The number of halogens is 2. The molecule has 5 rings (SSSR count). The van der Waals surface area contributed by atoms with Gasteiger partial charge in [-0.25, -0.2) is 9.97 Å². The third kappa shape index (κ3) is 4.38. The summed E-state index contributed by atoms with van der Waals surface area (Å²) in [5.41, 5.74) is 4.42. The Morgan fingerprint density at radius 1 is 0.839 bits per heavy atom. The quantitative estimate of drug-likeness (QED) is 0.373. The molecule has 0 spiro atoms. The summed E-state index contributed by atoms with van der Waals surface area (Å²) in [6.45, 7) is 1.98. The number of aromatic nitrogens is 2. The molecule has 1 unspecified atom stereocenters. The number of hydrogen-bond donors (Lipinski definition) is 2. The molecule has 2 N–H and O–H groups in total.